The molecule has 6 nitrogen and oxygen atoms in total. The van der Waals surface area contributed by atoms with Crippen LogP contribution in [0, 0.1) is 6.92 Å². The van der Waals surface area contributed by atoms with Gasteiger partial charge in [-0.1, -0.05) is 25.0 Å². The quantitative estimate of drug-likeness (QED) is 0.843. The standard InChI is InChI=1S/C19H23N3O3/c1-13-18(11-20-22(13)17-8-3-4-9-17)19(24)25-12-15-6-5-7-16(10-15)21-14(2)23/h5-7,10-11,17H,3-4,8-9,12H2,1-2H3,(H,21,23). The molecule has 1 aromatic heterocycles. The highest BCUT2D eigenvalue weighted by Gasteiger charge is 2.23. The van der Waals surface area contributed by atoms with Crippen molar-refractivity contribution >= 4 is 17.6 Å². The number of nitrogens with one attached hydrogen (secondary N) is 1. The van der Waals surface area contributed by atoms with E-state index >= 15 is 0 Å². The molecule has 0 radical (unpaired) electrons. The van der Waals surface area contributed by atoms with Crippen LogP contribution in [0.4, 0.5) is 5.69 Å². The summed E-state index contributed by atoms with van der Waals surface area (Å²) in [6.45, 7) is 3.52. The van der Waals surface area contributed by atoms with Crippen molar-refractivity contribution in [2.75, 3.05) is 5.32 Å². The monoisotopic (exact) mass is 341 g/mol. The van der Waals surface area contributed by atoms with Crippen molar-refractivity contribution in [1.29, 1.82) is 0 Å². The van der Waals surface area contributed by atoms with Crippen molar-refractivity contribution in [3.8, 4) is 0 Å². The number of hydrogen-bond acceptors (Lipinski definition) is 4. The number of benzene rings is 1. The minimum absolute atomic E-state index is 0.135. The van der Waals surface area contributed by atoms with Gasteiger partial charge >= 0.3 is 5.97 Å². The van der Waals surface area contributed by atoms with Crippen LogP contribution in [0.15, 0.2) is 30.5 Å². The lowest BCUT2D eigenvalue weighted by Gasteiger charge is -2.12. The molecular formula is C19H23N3O3. The first-order chi connectivity index (χ1) is 12.0. The van der Waals surface area contributed by atoms with Crippen molar-refractivity contribution in [3.63, 3.8) is 0 Å². The fraction of sp³-hybridized carbons (Fsp3) is 0.421. The second kappa shape index (κ2) is 7.51. The molecule has 1 amide bonds. The van der Waals surface area contributed by atoms with E-state index in [0.717, 1.165) is 24.1 Å². The topological polar surface area (TPSA) is 73.2 Å². The highest BCUT2D eigenvalue weighted by atomic mass is 16.5. The van der Waals surface area contributed by atoms with Crippen molar-refractivity contribution in [1.82, 2.24) is 9.78 Å². The fourth-order valence-electron chi connectivity index (χ4n) is 3.31. The van der Waals surface area contributed by atoms with Crippen molar-refractivity contribution < 1.29 is 14.3 Å². The van der Waals surface area contributed by atoms with Gasteiger partial charge in [-0.05, 0) is 37.5 Å². The molecule has 2 aromatic rings. The SMILES string of the molecule is CC(=O)Nc1cccc(COC(=O)c2cnn(C3CCCC3)c2C)c1. The average molecular weight is 341 g/mol. The molecule has 6 heteroatoms. The summed E-state index contributed by atoms with van der Waals surface area (Å²) in [6, 6.07) is 7.66. The minimum Gasteiger partial charge on any atom is -0.457 e. The molecule has 1 N–H and O–H groups in total. The average Bonchev–Trinajstić information content (AvgIpc) is 3.21. The molecule has 0 atom stereocenters. The first-order valence-electron chi connectivity index (χ1n) is 8.62. The summed E-state index contributed by atoms with van der Waals surface area (Å²) < 4.78 is 7.39. The fourth-order valence-corrected chi connectivity index (χ4v) is 3.31. The maximum Gasteiger partial charge on any atom is 0.341 e. The summed E-state index contributed by atoms with van der Waals surface area (Å²) >= 11 is 0. The smallest absolute Gasteiger partial charge is 0.341 e. The second-order valence-electron chi connectivity index (χ2n) is 6.48. The van der Waals surface area contributed by atoms with E-state index in [1.54, 1.807) is 18.3 Å². The summed E-state index contributed by atoms with van der Waals surface area (Å²) in [5, 5.41) is 7.10. The number of esters is 1. The third-order valence-corrected chi connectivity index (χ3v) is 4.55. The lowest BCUT2D eigenvalue weighted by Crippen LogP contribution is -2.11. The molecule has 1 fully saturated rings. The Morgan fingerprint density at radius 3 is 2.80 bits per heavy atom. The number of rotatable bonds is 5. The van der Waals surface area contributed by atoms with Crippen molar-refractivity contribution in [2.45, 2.75) is 52.2 Å². The summed E-state index contributed by atoms with van der Waals surface area (Å²) in [5.74, 6) is -0.504. The number of nitrogens with zero attached hydrogens (tertiary/aromatic N) is 2. The van der Waals surface area contributed by atoms with Crippen LogP contribution in [-0.4, -0.2) is 21.7 Å². The number of ether oxygens (including phenoxy) is 1. The molecule has 1 heterocycles. The van der Waals surface area contributed by atoms with E-state index in [0.29, 0.717) is 17.3 Å². The van der Waals surface area contributed by atoms with E-state index < -0.39 is 0 Å². The molecule has 25 heavy (non-hydrogen) atoms. The van der Waals surface area contributed by atoms with Gasteiger partial charge in [-0.2, -0.15) is 5.10 Å². The van der Waals surface area contributed by atoms with Crippen LogP contribution in [0.3, 0.4) is 0 Å². The number of anilines is 1. The zero-order valence-electron chi connectivity index (χ0n) is 14.6. The van der Waals surface area contributed by atoms with E-state index in [1.165, 1.54) is 19.8 Å². The Bertz CT molecular complexity index is 776. The van der Waals surface area contributed by atoms with Gasteiger partial charge in [0, 0.05) is 12.6 Å². The lowest BCUT2D eigenvalue weighted by atomic mass is 10.2. The van der Waals surface area contributed by atoms with E-state index in [4.69, 9.17) is 4.74 Å². The van der Waals surface area contributed by atoms with Crippen LogP contribution < -0.4 is 5.32 Å². The van der Waals surface area contributed by atoms with Gasteiger partial charge in [0.25, 0.3) is 0 Å². The highest BCUT2D eigenvalue weighted by Crippen LogP contribution is 2.30. The lowest BCUT2D eigenvalue weighted by molar-refractivity contribution is -0.114. The van der Waals surface area contributed by atoms with Crippen molar-refractivity contribution in [2.24, 2.45) is 0 Å². The van der Waals surface area contributed by atoms with E-state index in [1.807, 2.05) is 23.7 Å². The van der Waals surface area contributed by atoms with E-state index in [9.17, 15) is 9.59 Å². The van der Waals surface area contributed by atoms with Gasteiger partial charge in [-0.25, -0.2) is 4.79 Å². The molecule has 1 aliphatic carbocycles. The Morgan fingerprint density at radius 1 is 1.32 bits per heavy atom. The zero-order valence-corrected chi connectivity index (χ0v) is 14.6. The first kappa shape index (κ1) is 17.2. The Hall–Kier alpha value is -2.63. The van der Waals surface area contributed by atoms with Crippen LogP contribution in [0.2, 0.25) is 0 Å². The van der Waals surface area contributed by atoms with Crippen LogP contribution in [0.25, 0.3) is 0 Å². The predicted molar refractivity (Wildman–Crippen MR) is 94.3 cm³/mol. The Balaban J connectivity index is 1.64. The second-order valence-corrected chi connectivity index (χ2v) is 6.48. The molecular weight excluding hydrogens is 318 g/mol. The molecule has 0 bridgehead atoms. The van der Waals surface area contributed by atoms with E-state index in [-0.39, 0.29) is 18.5 Å². The molecule has 0 aliphatic heterocycles. The number of amides is 1. The van der Waals surface area contributed by atoms with Gasteiger partial charge in [-0.3, -0.25) is 9.48 Å². The van der Waals surface area contributed by atoms with Gasteiger partial charge in [-0.15, -0.1) is 0 Å². The largest absolute Gasteiger partial charge is 0.457 e. The van der Waals surface area contributed by atoms with Crippen LogP contribution in [0.5, 0.6) is 0 Å². The Morgan fingerprint density at radius 2 is 2.08 bits per heavy atom. The number of hydrogen-bond donors (Lipinski definition) is 1. The van der Waals surface area contributed by atoms with Crippen LogP contribution in [0.1, 0.15) is 60.3 Å². The maximum atomic E-state index is 12.4. The van der Waals surface area contributed by atoms with Gasteiger partial charge in [0.05, 0.1) is 17.9 Å². The van der Waals surface area contributed by atoms with E-state index in [2.05, 4.69) is 10.4 Å². The first-order valence-corrected chi connectivity index (χ1v) is 8.62. The van der Waals surface area contributed by atoms with Gasteiger partial charge in [0.1, 0.15) is 12.2 Å². The molecule has 1 saturated carbocycles. The Kier molecular flexibility index (Phi) is 5.16. The Labute approximate surface area is 147 Å². The molecule has 0 saturated heterocycles. The molecule has 0 spiro atoms. The van der Waals surface area contributed by atoms with Gasteiger partial charge in [0.15, 0.2) is 0 Å². The number of carbonyl (C=O) groups excluding carboxylic acids is 2. The summed E-state index contributed by atoms with van der Waals surface area (Å²) in [4.78, 5) is 23.5. The maximum absolute atomic E-state index is 12.4. The molecule has 0 unspecified atom stereocenters. The molecule has 3 rings (SSSR count). The minimum atomic E-state index is -0.369. The third-order valence-electron chi connectivity index (χ3n) is 4.55. The normalized spacial score (nSPS) is 14.5. The molecule has 1 aromatic carbocycles. The zero-order chi connectivity index (χ0) is 17.8. The molecule has 1 aliphatic rings. The van der Waals surface area contributed by atoms with Gasteiger partial charge in [0.2, 0.25) is 5.91 Å². The van der Waals surface area contributed by atoms with Crippen LogP contribution in [-0.2, 0) is 16.1 Å². The van der Waals surface area contributed by atoms with Gasteiger partial charge < -0.3 is 10.1 Å². The number of aromatic nitrogens is 2. The summed E-state index contributed by atoms with van der Waals surface area (Å²) in [5.41, 5.74) is 2.89. The van der Waals surface area contributed by atoms with Crippen molar-refractivity contribution in [3.05, 3.63) is 47.3 Å². The highest BCUT2D eigenvalue weighted by molar-refractivity contribution is 5.90. The summed E-state index contributed by atoms with van der Waals surface area (Å²) in [6.07, 6.45) is 6.27. The molecule has 132 valence electrons. The summed E-state index contributed by atoms with van der Waals surface area (Å²) in [7, 11) is 0. The van der Waals surface area contributed by atoms with Crippen LogP contribution >= 0.6 is 0 Å². The number of carbonyl (C=O) groups is 2. The third kappa shape index (κ3) is 4.07. The predicted octanol–water partition coefficient (Wildman–Crippen LogP) is 3.62.